The molecule has 0 radical (unpaired) electrons. The summed E-state index contributed by atoms with van der Waals surface area (Å²) in [6, 6.07) is 0. The Morgan fingerprint density at radius 2 is 2.00 bits per heavy atom. The van der Waals surface area contributed by atoms with E-state index in [4.69, 9.17) is 0 Å². The number of rotatable bonds is 2. The molecule has 0 bridgehead atoms. The molecule has 3 heteroatoms. The average molecular weight is 373 g/mol. The molecule has 0 saturated carbocycles. The van der Waals surface area contributed by atoms with Gasteiger partial charge in [-0.3, -0.25) is 0 Å². The predicted octanol–water partition coefficient (Wildman–Crippen LogP) is 5.50. The Bertz CT molecular complexity index is 465. The summed E-state index contributed by atoms with van der Waals surface area (Å²) in [5, 5.41) is 0. The van der Waals surface area contributed by atoms with Crippen molar-refractivity contribution in [2.24, 2.45) is 0 Å². The third kappa shape index (κ3) is 3.83. The molecule has 1 rings (SSSR count). The molecule has 1 aliphatic rings. The lowest BCUT2D eigenvalue weighted by molar-refractivity contribution is 0.943. The van der Waals surface area contributed by atoms with Crippen LogP contribution in [0.15, 0.2) is 58.4 Å². The zero-order chi connectivity index (χ0) is 13.7. The Morgan fingerprint density at radius 1 is 1.33 bits per heavy atom. The van der Waals surface area contributed by atoms with Crippen molar-refractivity contribution in [3.8, 4) is 0 Å². The van der Waals surface area contributed by atoms with Crippen LogP contribution in [0.2, 0.25) is 0 Å². The quantitative estimate of drug-likeness (QED) is 0.351. The van der Waals surface area contributed by atoms with Crippen molar-refractivity contribution >= 4 is 32.3 Å². The SMILES string of the molecule is C\C=C/C(C)=C1\C/C(=C\C)C=C\C1=C(\C)N(P)I. The molecule has 0 aromatic carbocycles. The van der Waals surface area contributed by atoms with Gasteiger partial charge in [-0.15, -0.1) is 0 Å². The van der Waals surface area contributed by atoms with Gasteiger partial charge in [-0.25, -0.2) is 0 Å². The van der Waals surface area contributed by atoms with E-state index in [2.05, 4.69) is 93.2 Å². The van der Waals surface area contributed by atoms with Gasteiger partial charge in [-0.05, 0) is 65.8 Å². The lowest BCUT2D eigenvalue weighted by Gasteiger charge is -2.22. The van der Waals surface area contributed by atoms with Gasteiger partial charge in [-0.2, -0.15) is 0 Å². The third-order valence-electron chi connectivity index (χ3n) is 3.14. The smallest absolute Gasteiger partial charge is 0.0622 e. The Balaban J connectivity index is 3.39. The van der Waals surface area contributed by atoms with Crippen LogP contribution in [0.4, 0.5) is 0 Å². The molecule has 0 saturated heterocycles. The Kier molecular flexibility index (Phi) is 6.37. The van der Waals surface area contributed by atoms with Gasteiger partial charge < -0.3 is 2.88 Å². The van der Waals surface area contributed by atoms with Gasteiger partial charge in [0.25, 0.3) is 0 Å². The van der Waals surface area contributed by atoms with Crippen LogP contribution >= 0.6 is 32.3 Å². The van der Waals surface area contributed by atoms with E-state index in [0.29, 0.717) is 0 Å². The summed E-state index contributed by atoms with van der Waals surface area (Å²) < 4.78 is 2.07. The van der Waals surface area contributed by atoms with E-state index >= 15 is 0 Å². The Labute approximate surface area is 127 Å². The van der Waals surface area contributed by atoms with Crippen molar-refractivity contribution in [1.82, 2.24) is 2.88 Å². The summed E-state index contributed by atoms with van der Waals surface area (Å²) in [6.07, 6.45) is 11.9. The summed E-state index contributed by atoms with van der Waals surface area (Å²) in [4.78, 5) is 0. The highest BCUT2D eigenvalue weighted by Crippen LogP contribution is 2.34. The zero-order valence-corrected chi connectivity index (χ0v) is 14.8. The topological polar surface area (TPSA) is 3.24 Å². The van der Waals surface area contributed by atoms with Crippen molar-refractivity contribution in [2.45, 2.75) is 34.1 Å². The number of nitrogens with zero attached hydrogens (tertiary/aromatic N) is 1. The maximum atomic E-state index is 2.71. The minimum atomic E-state index is 1.02. The highest BCUT2D eigenvalue weighted by atomic mass is 127. The van der Waals surface area contributed by atoms with Gasteiger partial charge in [0.15, 0.2) is 0 Å². The summed E-state index contributed by atoms with van der Waals surface area (Å²) in [7, 11) is 2.71. The van der Waals surface area contributed by atoms with Crippen LogP contribution < -0.4 is 0 Å². The van der Waals surface area contributed by atoms with Crippen molar-refractivity contribution in [2.75, 3.05) is 0 Å². The number of halogens is 1. The molecule has 0 aliphatic heterocycles. The maximum absolute atomic E-state index is 2.71. The van der Waals surface area contributed by atoms with Crippen LogP contribution in [0.3, 0.4) is 0 Å². The van der Waals surface area contributed by atoms with Crippen LogP contribution in [-0.2, 0) is 0 Å². The molecule has 0 amide bonds. The summed E-state index contributed by atoms with van der Waals surface area (Å²) in [5.74, 6) is 0. The molecule has 0 N–H and O–H groups in total. The Hall–Kier alpha value is -0.340. The molecule has 18 heavy (non-hydrogen) atoms. The van der Waals surface area contributed by atoms with Crippen molar-refractivity contribution in [1.29, 1.82) is 0 Å². The second kappa shape index (κ2) is 7.30. The number of hydrogen-bond donors (Lipinski definition) is 0. The van der Waals surface area contributed by atoms with Crippen molar-refractivity contribution < 1.29 is 0 Å². The van der Waals surface area contributed by atoms with Gasteiger partial charge in [0, 0.05) is 5.70 Å². The maximum Gasteiger partial charge on any atom is 0.0622 e. The highest BCUT2D eigenvalue weighted by Gasteiger charge is 2.15. The van der Waals surface area contributed by atoms with Crippen molar-refractivity contribution in [3.05, 3.63) is 58.4 Å². The fourth-order valence-electron chi connectivity index (χ4n) is 2.00. The lowest BCUT2D eigenvalue weighted by atomic mass is 9.87. The van der Waals surface area contributed by atoms with E-state index in [1.54, 1.807) is 0 Å². The average Bonchev–Trinajstić information content (AvgIpc) is 2.37. The fraction of sp³-hybridized carbons (Fsp3) is 0.333. The van der Waals surface area contributed by atoms with E-state index in [1.807, 2.05) is 0 Å². The molecular formula is C15H21INP. The van der Waals surface area contributed by atoms with Gasteiger partial charge in [-0.1, -0.05) is 30.4 Å². The third-order valence-corrected chi connectivity index (χ3v) is 4.25. The molecule has 1 atom stereocenters. The van der Waals surface area contributed by atoms with Crippen LogP contribution in [0, 0.1) is 0 Å². The van der Waals surface area contributed by atoms with Crippen LogP contribution in [-0.4, -0.2) is 2.88 Å². The number of hydrogen-bond acceptors (Lipinski definition) is 1. The molecular weight excluding hydrogens is 352 g/mol. The van der Waals surface area contributed by atoms with Crippen LogP contribution in [0.1, 0.15) is 34.1 Å². The monoisotopic (exact) mass is 373 g/mol. The second-order valence-corrected chi connectivity index (χ2v) is 6.95. The lowest BCUT2D eigenvalue weighted by Crippen LogP contribution is -2.05. The number of allylic oxidation sites excluding steroid dienone is 10. The fourth-order valence-corrected chi connectivity index (χ4v) is 2.40. The van der Waals surface area contributed by atoms with Crippen molar-refractivity contribution in [3.63, 3.8) is 0 Å². The highest BCUT2D eigenvalue weighted by molar-refractivity contribution is 14.1. The standard InChI is InChI=1S/C15H21INP/c1-5-7-11(3)15-10-13(6-2)8-9-14(15)12(4)17(16)18/h5-9H,10,18H2,1-4H3/b7-5-,13-6-,14-12+,15-11+. The zero-order valence-electron chi connectivity index (χ0n) is 11.5. The largest absolute Gasteiger partial charge is 0.303 e. The molecule has 1 aliphatic carbocycles. The molecule has 0 spiro atoms. The van der Waals surface area contributed by atoms with Gasteiger partial charge in [0.05, 0.1) is 22.9 Å². The predicted molar refractivity (Wildman–Crippen MR) is 93.3 cm³/mol. The molecule has 0 aromatic heterocycles. The summed E-state index contributed by atoms with van der Waals surface area (Å²) in [6.45, 7) is 8.51. The van der Waals surface area contributed by atoms with Gasteiger partial charge in [0.2, 0.25) is 0 Å². The van der Waals surface area contributed by atoms with E-state index in [1.165, 1.54) is 28.0 Å². The van der Waals surface area contributed by atoms with Gasteiger partial charge >= 0.3 is 0 Å². The summed E-state index contributed by atoms with van der Waals surface area (Å²) in [5.41, 5.74) is 6.75. The molecule has 0 aromatic rings. The first kappa shape index (κ1) is 15.7. The first-order chi connectivity index (χ1) is 8.51. The van der Waals surface area contributed by atoms with Crippen LogP contribution in [0.25, 0.3) is 0 Å². The van der Waals surface area contributed by atoms with E-state index in [0.717, 1.165) is 6.42 Å². The first-order valence-electron chi connectivity index (χ1n) is 6.08. The second-order valence-electron chi connectivity index (χ2n) is 4.35. The molecule has 1 nitrogen and oxygen atoms in total. The normalized spacial score (nSPS) is 23.8. The molecule has 1 unspecified atom stereocenters. The van der Waals surface area contributed by atoms with Crippen LogP contribution in [0.5, 0.6) is 0 Å². The minimum absolute atomic E-state index is 1.02. The molecule has 0 fully saturated rings. The summed E-state index contributed by atoms with van der Waals surface area (Å²) >= 11 is 2.29. The molecule has 98 valence electrons. The van der Waals surface area contributed by atoms with E-state index in [-0.39, 0.29) is 0 Å². The minimum Gasteiger partial charge on any atom is -0.303 e. The molecule has 0 heterocycles. The van der Waals surface area contributed by atoms with E-state index in [9.17, 15) is 0 Å². The Morgan fingerprint density at radius 3 is 2.50 bits per heavy atom. The first-order valence-corrected chi connectivity index (χ1v) is 7.57. The van der Waals surface area contributed by atoms with E-state index < -0.39 is 0 Å². The van der Waals surface area contributed by atoms with Gasteiger partial charge in [0.1, 0.15) is 0 Å².